The van der Waals surface area contributed by atoms with Gasteiger partial charge in [-0.15, -0.1) is 0 Å². The van der Waals surface area contributed by atoms with Crippen LogP contribution in [-0.2, 0) is 65.4 Å². The standard InChI is InChI=1S/C29H24Cl2F2N2O7.C18H17Cl2F2NO3.C15H17NO5.C11H9NO5.C9H7NO3.C6H11BrO2.2H2O/c1-39-17-5-6-22-19(9-17)27(37)28(38)35(22)13-26(36)41-24(10-18-20(30)11-34-12-21(18)31)16-4-7-23(42-29(32)33)25(8-16)40-14-15-2-3-15;19-13-7-23-8-14(20)12(13)6-15(24)11-3-4-16(26-18(21)22)17(5-11)25-9-10-1-2-10;1-15(2,3)21-12(17)8-16-11-6-5-9(20-4)7-10(11)13(18)14(16)19;1-17-6-2-3-8-7(4-6)10(15)11(16)12(8)5-9(13)14;1-13-5-2-3-7-6(4-5)8(11)9(12)10-7;1-6(2,3)9-5(8)4-7;;/h4-9,11-12,15,24,29H,2-3,10,13-14H2,1H3;3-5,7-8,10,15,18,24H,1-2,6,9H2;5-7H,8H2,1-4H3;2-4H,5H2,1H3,(H,13,14);2-4H,1H3,(H,10,11,12);4H2,1-3H3;2*1H2/t24-;15-;;;;;;/m00....../s1. The van der Waals surface area contributed by atoms with Gasteiger partial charge in [0, 0.05) is 24.0 Å². The number of ketones is 4. The molecule has 42 heteroatoms. The van der Waals surface area contributed by atoms with Crippen molar-refractivity contribution < 1.29 is 158 Å². The third-order valence-corrected chi connectivity index (χ3v) is 20.6. The number of H-pyrrole nitrogens is 2. The minimum Gasteiger partial charge on any atom is -0.870 e. The molecule has 0 radical (unpaired) electrons. The average molecular weight is 1960 g/mol. The molecule has 6 aliphatic rings. The van der Waals surface area contributed by atoms with Crippen molar-refractivity contribution in [2.45, 2.75) is 117 Å². The lowest BCUT2D eigenvalue weighted by Gasteiger charge is -2.23. The number of rotatable bonds is 28. The summed E-state index contributed by atoms with van der Waals surface area (Å²) in [5.74, 6) is -5.78. The first kappa shape index (κ1) is 105. The molecule has 0 spiro atoms. The molecule has 6 heterocycles. The number of Topliss-reactive ketones (excluding diaryl/α,β-unsaturated/α-hetero) is 4. The molecule has 8 aromatic rings. The molecule has 14 rings (SSSR count). The van der Waals surface area contributed by atoms with Gasteiger partial charge in [0.1, 0.15) is 85.4 Å². The maximum absolute atomic E-state index is 13.3. The largest absolute Gasteiger partial charge is 0.870 e. The summed E-state index contributed by atoms with van der Waals surface area (Å²) in [7, 11) is 5.85. The van der Waals surface area contributed by atoms with Crippen molar-refractivity contribution in [2.75, 3.05) is 86.6 Å². The van der Waals surface area contributed by atoms with Crippen molar-refractivity contribution in [1.82, 2.24) is 0 Å². The quantitative estimate of drug-likeness (QED) is 0.0135. The Morgan fingerprint density at radius 3 is 1.21 bits per heavy atom. The fourth-order valence-corrected chi connectivity index (χ4v) is 13.6. The Kier molecular flexibility index (Phi) is 37.7. The summed E-state index contributed by atoms with van der Waals surface area (Å²) in [6.07, 6.45) is 8.42. The molecular weight excluding hydrogens is 1870 g/mol. The number of aliphatic hydroxyl groups is 1. The van der Waals surface area contributed by atoms with Gasteiger partial charge in [0.05, 0.1) is 92.8 Å². The highest BCUT2D eigenvalue weighted by molar-refractivity contribution is 9.09. The SMILES string of the molecule is CC(C)(C)OC(=O)CBr.COc1ccc2c(c1)C(=O)C(=O)N2.COc1ccc2c(c1)C(=O)C(=O)N2CC(=O)O.COc1ccc2c(c1)C(=O)C(=O)N2CC(=O)OC(C)(C)C.COc1ccc2c(c1)C(=O)C(=O)N2CC(=O)O[C@@H](Cc1c(Cl)c[nH+]cc1Cl)c1ccc(OC(F)F)c(OCC2CC2)c1.O[C@@H](Cc1c(Cl)c[nH+]cc1Cl)c1ccc(OC(F)F)c(OCC2CC2)c1.[OH-].[OH-]. The number of nitrogens with zero attached hydrogens (tertiary/aromatic N) is 3. The number of carbonyl (C=O) groups excluding carboxylic acids is 11. The van der Waals surface area contributed by atoms with Crippen molar-refractivity contribution >= 4 is 156 Å². The lowest BCUT2D eigenvalue weighted by Crippen LogP contribution is -2.38. The van der Waals surface area contributed by atoms with E-state index in [1.54, 1.807) is 75.6 Å². The number of alkyl halides is 5. The molecule has 2 atom stereocenters. The Bertz CT molecular complexity index is 5500. The molecule has 2 aromatic heterocycles. The lowest BCUT2D eigenvalue weighted by molar-refractivity contribution is -0.378. The van der Waals surface area contributed by atoms with Gasteiger partial charge in [0.15, 0.2) is 47.8 Å². The van der Waals surface area contributed by atoms with Crippen LogP contribution in [0.3, 0.4) is 0 Å². The van der Waals surface area contributed by atoms with Crippen molar-refractivity contribution in [2.24, 2.45) is 11.8 Å². The van der Waals surface area contributed by atoms with Gasteiger partial charge in [-0.2, -0.15) is 17.6 Å². The second-order valence-corrected chi connectivity index (χ2v) is 32.7. The normalized spacial score (nSPS) is 14.2. The number of fused-ring (bicyclic) bond motifs is 4. The van der Waals surface area contributed by atoms with Crippen LogP contribution < -0.4 is 67.9 Å². The monoisotopic (exact) mass is 1960 g/mol. The van der Waals surface area contributed by atoms with Crippen LogP contribution in [0.25, 0.3) is 0 Å². The summed E-state index contributed by atoms with van der Waals surface area (Å²) < 4.78 is 108. The molecule has 130 heavy (non-hydrogen) atoms. The van der Waals surface area contributed by atoms with Gasteiger partial charge in [-0.1, -0.05) is 74.5 Å². The van der Waals surface area contributed by atoms with E-state index in [4.69, 9.17) is 94.1 Å². The predicted octanol–water partition coefficient (Wildman–Crippen LogP) is 13.8. The van der Waals surface area contributed by atoms with Gasteiger partial charge < -0.3 is 78.6 Å². The minimum atomic E-state index is -3.07. The van der Waals surface area contributed by atoms with Crippen molar-refractivity contribution in [3.8, 4) is 46.0 Å². The second kappa shape index (κ2) is 46.8. The Balaban J connectivity index is 0.000000228. The number of nitrogens with one attached hydrogen (secondary N) is 3. The van der Waals surface area contributed by atoms with Gasteiger partial charge >= 0.3 is 37.1 Å². The number of aliphatic hydroxyl groups excluding tert-OH is 1. The molecule has 696 valence electrons. The molecule has 4 aliphatic heterocycles. The third-order valence-electron chi connectivity index (χ3n) is 18.8. The molecule has 0 bridgehead atoms. The molecule has 0 saturated heterocycles. The number of anilines is 4. The number of esters is 3. The van der Waals surface area contributed by atoms with Crippen LogP contribution in [0.4, 0.5) is 40.3 Å². The lowest BCUT2D eigenvalue weighted by atomic mass is 10.0. The zero-order chi connectivity index (χ0) is 93.9. The van der Waals surface area contributed by atoms with Crippen LogP contribution in [0.1, 0.15) is 143 Å². The first-order valence-electron chi connectivity index (χ1n) is 38.9. The third kappa shape index (κ3) is 28.8. The highest BCUT2D eigenvalue weighted by Gasteiger charge is 2.42. The number of benzene rings is 6. The summed E-state index contributed by atoms with van der Waals surface area (Å²) in [6, 6.07) is 27.2. The van der Waals surface area contributed by atoms with Crippen LogP contribution in [0, 0.1) is 11.8 Å². The number of halogens is 9. The van der Waals surface area contributed by atoms with E-state index in [2.05, 4.69) is 40.7 Å². The van der Waals surface area contributed by atoms with Gasteiger partial charge in [0.25, 0.3) is 46.8 Å². The average Bonchev–Trinajstić information content (AvgIpc) is 1.64. The van der Waals surface area contributed by atoms with E-state index in [0.29, 0.717) is 103 Å². The summed E-state index contributed by atoms with van der Waals surface area (Å²) in [4.78, 5) is 150. The van der Waals surface area contributed by atoms with E-state index < -0.39 is 109 Å². The number of pyridine rings is 2. The number of aromatic nitrogens is 2. The van der Waals surface area contributed by atoms with E-state index in [1.807, 2.05) is 20.8 Å². The van der Waals surface area contributed by atoms with Crippen molar-refractivity contribution in [3.05, 3.63) is 199 Å². The number of aliphatic carboxylic acids is 1. The first-order chi connectivity index (χ1) is 60.5. The summed E-state index contributed by atoms with van der Waals surface area (Å²) in [5.41, 5.74) is 3.32. The van der Waals surface area contributed by atoms with E-state index in [-0.39, 0.29) is 103 Å². The number of carbonyl (C=O) groups is 12. The fraction of sp³-hybridized carbons (Fsp3) is 0.341. The summed E-state index contributed by atoms with van der Waals surface area (Å²) >= 11 is 28.0. The van der Waals surface area contributed by atoms with Gasteiger partial charge in [-0.3, -0.25) is 72.2 Å². The molecule has 0 unspecified atom stereocenters. The Labute approximate surface area is 769 Å². The van der Waals surface area contributed by atoms with E-state index in [1.165, 1.54) is 108 Å². The summed E-state index contributed by atoms with van der Waals surface area (Å²) in [6.45, 7) is 4.08. The van der Waals surface area contributed by atoms with Crippen molar-refractivity contribution in [1.29, 1.82) is 0 Å². The maximum Gasteiger partial charge on any atom is 0.387 e. The first-order valence-corrected chi connectivity index (χ1v) is 41.5. The molecule has 4 amide bonds. The summed E-state index contributed by atoms with van der Waals surface area (Å²) in [5, 5.41) is 23.3. The highest BCUT2D eigenvalue weighted by Crippen LogP contribution is 2.42. The minimum absolute atomic E-state index is 0. The topological polar surface area (TPSA) is 457 Å². The zero-order valence-electron chi connectivity index (χ0n) is 71.1. The number of aromatic amines is 2. The van der Waals surface area contributed by atoms with Crippen LogP contribution in [0.5, 0.6) is 46.0 Å². The van der Waals surface area contributed by atoms with Crippen LogP contribution in [0.2, 0.25) is 20.1 Å². The van der Waals surface area contributed by atoms with Crippen LogP contribution in [-0.4, -0.2) is 183 Å². The predicted molar refractivity (Wildman–Crippen MR) is 462 cm³/mol. The number of methoxy groups -OCH3 is 4. The molecule has 7 N–H and O–H groups in total. The number of hydrogen-bond donors (Lipinski definition) is 3. The smallest absolute Gasteiger partial charge is 0.387 e. The fourth-order valence-electron chi connectivity index (χ4n) is 12.4. The number of amides is 4. The second-order valence-electron chi connectivity index (χ2n) is 30.5. The van der Waals surface area contributed by atoms with Gasteiger partial charge in [-0.25, -0.2) is 9.97 Å². The highest BCUT2D eigenvalue weighted by atomic mass is 79.9. The molecule has 33 nitrogen and oxygen atoms in total. The van der Waals surface area contributed by atoms with E-state index in [9.17, 15) is 80.2 Å². The Morgan fingerprint density at radius 1 is 0.477 bits per heavy atom. The van der Waals surface area contributed by atoms with Crippen LogP contribution >= 0.6 is 62.3 Å². The van der Waals surface area contributed by atoms with Crippen molar-refractivity contribution in [3.63, 3.8) is 0 Å². The van der Waals surface area contributed by atoms with Gasteiger partial charge in [-0.05, 0) is 187 Å². The Hall–Kier alpha value is -12.3. The maximum atomic E-state index is 13.3. The number of hydrogen-bond acceptors (Lipinski definition) is 26. The number of carboxylic acids is 1. The molecule has 6 aromatic carbocycles. The van der Waals surface area contributed by atoms with Crippen LogP contribution in [0.15, 0.2) is 134 Å². The number of carboxylic acid groups (broad SMARTS) is 1. The van der Waals surface area contributed by atoms with E-state index in [0.717, 1.165) is 40.4 Å². The molecule has 2 fully saturated rings. The molecular formula is C88H89BrCl4F4N6O27. The zero-order valence-corrected chi connectivity index (χ0v) is 75.7. The molecule has 2 aliphatic carbocycles. The van der Waals surface area contributed by atoms with Gasteiger partial charge in [0.2, 0.25) is 0 Å². The van der Waals surface area contributed by atoms with E-state index >= 15 is 0 Å². The Morgan fingerprint density at radius 2 is 0.838 bits per heavy atom. The molecule has 2 saturated carbocycles. The number of ether oxygens (including phenoxy) is 11.